The Hall–Kier alpha value is -0.180. The molecule has 0 amide bonds. The molecule has 3 aliphatic carbocycles. The van der Waals surface area contributed by atoms with Gasteiger partial charge in [0.15, 0.2) is 5.17 Å². The fourth-order valence-corrected chi connectivity index (χ4v) is 5.35. The zero-order valence-corrected chi connectivity index (χ0v) is 10.7. The van der Waals surface area contributed by atoms with Crippen molar-refractivity contribution in [2.75, 3.05) is 6.54 Å². The molecule has 0 spiro atoms. The highest BCUT2D eigenvalue weighted by atomic mass is 32.2. The first-order chi connectivity index (χ1) is 7.86. The Labute approximate surface area is 102 Å². The smallest absolute Gasteiger partial charge is 0.157 e. The Morgan fingerprint density at radius 1 is 1.31 bits per heavy atom. The predicted octanol–water partition coefficient (Wildman–Crippen LogP) is 2.50. The third-order valence-electron chi connectivity index (χ3n) is 5.20. The van der Waals surface area contributed by atoms with Gasteiger partial charge in [0, 0.05) is 11.3 Å². The number of aliphatic imine (C=N–C) groups is 1. The molecule has 4 rings (SSSR count). The van der Waals surface area contributed by atoms with Gasteiger partial charge in [-0.15, -0.1) is 0 Å². The highest BCUT2D eigenvalue weighted by molar-refractivity contribution is 8.14. The van der Waals surface area contributed by atoms with E-state index >= 15 is 0 Å². The first kappa shape index (κ1) is 9.81. The van der Waals surface area contributed by atoms with Gasteiger partial charge in [0.1, 0.15) is 0 Å². The van der Waals surface area contributed by atoms with Gasteiger partial charge < -0.3 is 5.32 Å². The van der Waals surface area contributed by atoms with Crippen LogP contribution >= 0.6 is 11.8 Å². The molecular formula is C13H20N2S. The van der Waals surface area contributed by atoms with E-state index in [1.54, 1.807) is 6.42 Å². The Bertz CT molecular complexity index is 325. The van der Waals surface area contributed by atoms with Crippen LogP contribution < -0.4 is 5.32 Å². The van der Waals surface area contributed by atoms with E-state index in [1.807, 2.05) is 11.8 Å². The summed E-state index contributed by atoms with van der Waals surface area (Å²) in [4.78, 5) is 4.63. The van der Waals surface area contributed by atoms with Crippen LogP contribution in [-0.2, 0) is 0 Å². The number of nitrogens with one attached hydrogen (secondary N) is 1. The van der Waals surface area contributed by atoms with Crippen molar-refractivity contribution in [3.63, 3.8) is 0 Å². The molecule has 4 aliphatic rings. The minimum Gasteiger partial charge on any atom is -0.362 e. The van der Waals surface area contributed by atoms with E-state index in [0.717, 1.165) is 41.5 Å². The summed E-state index contributed by atoms with van der Waals surface area (Å²) >= 11 is 1.98. The molecule has 3 fully saturated rings. The maximum Gasteiger partial charge on any atom is 0.157 e. The van der Waals surface area contributed by atoms with Gasteiger partial charge in [-0.2, -0.15) is 0 Å². The van der Waals surface area contributed by atoms with Gasteiger partial charge in [-0.1, -0.05) is 18.7 Å². The Kier molecular flexibility index (Phi) is 2.09. The SMILES string of the molecule is CCC1CN=C(NC2C3C4CCC(C4)C23)S1. The summed E-state index contributed by atoms with van der Waals surface area (Å²) in [7, 11) is 0. The maximum absolute atomic E-state index is 4.63. The first-order valence-corrected chi connectivity index (χ1v) is 7.72. The molecule has 1 heterocycles. The van der Waals surface area contributed by atoms with Gasteiger partial charge >= 0.3 is 0 Å². The van der Waals surface area contributed by atoms with Crippen molar-refractivity contribution < 1.29 is 0 Å². The molecule has 3 heteroatoms. The zero-order chi connectivity index (χ0) is 10.7. The van der Waals surface area contributed by atoms with Gasteiger partial charge in [-0.25, -0.2) is 0 Å². The van der Waals surface area contributed by atoms with Crippen LogP contribution in [0.15, 0.2) is 4.99 Å². The van der Waals surface area contributed by atoms with E-state index in [0.29, 0.717) is 0 Å². The number of nitrogens with zero attached hydrogens (tertiary/aromatic N) is 1. The van der Waals surface area contributed by atoms with Crippen molar-refractivity contribution >= 4 is 16.9 Å². The predicted molar refractivity (Wildman–Crippen MR) is 68.7 cm³/mol. The van der Waals surface area contributed by atoms with Crippen LogP contribution in [0.5, 0.6) is 0 Å². The minimum absolute atomic E-state index is 0.748. The molecule has 5 unspecified atom stereocenters. The van der Waals surface area contributed by atoms with E-state index in [-0.39, 0.29) is 0 Å². The summed E-state index contributed by atoms with van der Waals surface area (Å²) in [6.07, 6.45) is 5.83. The molecule has 0 aromatic carbocycles. The van der Waals surface area contributed by atoms with Crippen LogP contribution in [0.2, 0.25) is 0 Å². The molecule has 0 aromatic rings. The molecule has 0 aromatic heterocycles. The Balaban J connectivity index is 1.38. The van der Waals surface area contributed by atoms with E-state index in [9.17, 15) is 0 Å². The minimum atomic E-state index is 0.748. The number of hydrogen-bond donors (Lipinski definition) is 1. The van der Waals surface area contributed by atoms with Crippen molar-refractivity contribution in [1.82, 2.24) is 5.32 Å². The summed E-state index contributed by atoms with van der Waals surface area (Å²) in [6, 6.07) is 0.813. The number of amidine groups is 1. The number of thioether (sulfide) groups is 1. The molecule has 1 N–H and O–H groups in total. The lowest BCUT2D eigenvalue weighted by atomic mass is 10.0. The summed E-state index contributed by atoms with van der Waals surface area (Å²) in [5.74, 6) is 4.20. The molecule has 5 atom stereocenters. The van der Waals surface area contributed by atoms with Crippen LogP contribution in [0, 0.1) is 23.7 Å². The fraction of sp³-hybridized carbons (Fsp3) is 0.923. The van der Waals surface area contributed by atoms with Crippen LogP contribution in [0.1, 0.15) is 32.6 Å². The molecule has 88 valence electrons. The highest BCUT2D eigenvalue weighted by Crippen LogP contribution is 2.65. The average molecular weight is 236 g/mol. The van der Waals surface area contributed by atoms with Gasteiger partial charge in [0.05, 0.1) is 6.54 Å². The summed E-state index contributed by atoms with van der Waals surface area (Å²) in [6.45, 7) is 3.31. The van der Waals surface area contributed by atoms with Crippen LogP contribution in [0.4, 0.5) is 0 Å². The molecule has 16 heavy (non-hydrogen) atoms. The summed E-state index contributed by atoms with van der Waals surface area (Å²) < 4.78 is 0. The van der Waals surface area contributed by atoms with Gasteiger partial charge in [-0.05, 0) is 49.4 Å². The van der Waals surface area contributed by atoms with Gasteiger partial charge in [0.2, 0.25) is 0 Å². The van der Waals surface area contributed by atoms with E-state index < -0.39 is 0 Å². The molecule has 1 aliphatic heterocycles. The lowest BCUT2D eigenvalue weighted by Crippen LogP contribution is -2.27. The van der Waals surface area contributed by atoms with Crippen molar-refractivity contribution in [3.05, 3.63) is 0 Å². The number of hydrogen-bond acceptors (Lipinski definition) is 3. The molecule has 0 radical (unpaired) electrons. The largest absolute Gasteiger partial charge is 0.362 e. The van der Waals surface area contributed by atoms with E-state index in [2.05, 4.69) is 17.2 Å². The highest BCUT2D eigenvalue weighted by Gasteiger charge is 2.65. The first-order valence-electron chi connectivity index (χ1n) is 6.84. The van der Waals surface area contributed by atoms with Crippen molar-refractivity contribution in [3.8, 4) is 0 Å². The Morgan fingerprint density at radius 2 is 2.06 bits per heavy atom. The van der Waals surface area contributed by atoms with Crippen LogP contribution in [-0.4, -0.2) is 23.0 Å². The molecule has 3 saturated carbocycles. The van der Waals surface area contributed by atoms with Gasteiger partial charge in [0.25, 0.3) is 0 Å². The van der Waals surface area contributed by atoms with Gasteiger partial charge in [-0.3, -0.25) is 4.99 Å². The fourth-order valence-electron chi connectivity index (χ4n) is 4.37. The lowest BCUT2D eigenvalue weighted by Gasteiger charge is -2.11. The number of rotatable bonds is 2. The second-order valence-electron chi connectivity index (χ2n) is 5.95. The quantitative estimate of drug-likeness (QED) is 0.796. The summed E-state index contributed by atoms with van der Waals surface area (Å²) in [5, 5.41) is 5.74. The van der Waals surface area contributed by atoms with Crippen LogP contribution in [0.3, 0.4) is 0 Å². The molecule has 2 bridgehead atoms. The second-order valence-corrected chi connectivity index (χ2v) is 7.24. The van der Waals surface area contributed by atoms with Crippen LogP contribution in [0.25, 0.3) is 0 Å². The number of fused-ring (bicyclic) bond motifs is 5. The Morgan fingerprint density at radius 3 is 2.69 bits per heavy atom. The molecular weight excluding hydrogens is 216 g/mol. The van der Waals surface area contributed by atoms with Crippen molar-refractivity contribution in [2.24, 2.45) is 28.7 Å². The topological polar surface area (TPSA) is 24.4 Å². The van der Waals surface area contributed by atoms with E-state index in [4.69, 9.17) is 0 Å². The normalized spacial score (nSPS) is 52.7. The average Bonchev–Trinajstić information content (AvgIpc) is 2.75. The van der Waals surface area contributed by atoms with E-state index in [1.165, 1.54) is 24.4 Å². The third-order valence-corrected chi connectivity index (χ3v) is 6.48. The monoisotopic (exact) mass is 236 g/mol. The zero-order valence-electron chi connectivity index (χ0n) is 9.86. The van der Waals surface area contributed by atoms with Crippen molar-refractivity contribution in [2.45, 2.75) is 43.9 Å². The standard InChI is InChI=1S/C13H20N2S/c1-2-9-6-14-13(16-9)15-12-10-7-3-4-8(5-7)11(10)12/h7-12H,2-6H2,1H3,(H,14,15). The molecule has 0 saturated heterocycles. The lowest BCUT2D eigenvalue weighted by molar-refractivity contribution is 0.456. The van der Waals surface area contributed by atoms with Crippen molar-refractivity contribution in [1.29, 1.82) is 0 Å². The molecule has 2 nitrogen and oxygen atoms in total. The third kappa shape index (κ3) is 1.30. The maximum atomic E-state index is 4.63. The second kappa shape index (κ2) is 3.41. The summed E-state index contributed by atoms with van der Waals surface area (Å²) in [5.41, 5.74) is 0.